The molecule has 1 fully saturated rings. The number of benzene rings is 1. The van der Waals surface area contributed by atoms with E-state index in [1.165, 1.54) is 12.0 Å². The predicted octanol–water partition coefficient (Wildman–Crippen LogP) is 3.02. The summed E-state index contributed by atoms with van der Waals surface area (Å²) in [4.78, 5) is 13.8. The molecule has 0 saturated carbocycles. The Morgan fingerprint density at radius 1 is 1.24 bits per heavy atom. The zero-order valence-electron chi connectivity index (χ0n) is 10.4. The molecule has 2 nitrogen and oxygen atoms in total. The maximum absolute atomic E-state index is 11.9. The molecular formula is C15H19NO. The van der Waals surface area contributed by atoms with Crippen molar-refractivity contribution in [1.82, 2.24) is 4.90 Å². The highest BCUT2D eigenvalue weighted by Gasteiger charge is 2.13. The number of piperidine rings is 1. The van der Waals surface area contributed by atoms with Gasteiger partial charge < -0.3 is 4.90 Å². The van der Waals surface area contributed by atoms with Gasteiger partial charge in [-0.2, -0.15) is 0 Å². The average molecular weight is 229 g/mol. The molecular weight excluding hydrogens is 210 g/mol. The Kier molecular flexibility index (Phi) is 3.97. The minimum Gasteiger partial charge on any atom is -0.339 e. The zero-order chi connectivity index (χ0) is 12.1. The van der Waals surface area contributed by atoms with Gasteiger partial charge in [-0.25, -0.2) is 0 Å². The lowest BCUT2D eigenvalue weighted by Crippen LogP contribution is -2.34. The predicted molar refractivity (Wildman–Crippen MR) is 70.6 cm³/mol. The molecule has 2 heteroatoms. The van der Waals surface area contributed by atoms with Gasteiger partial charge in [-0.1, -0.05) is 29.8 Å². The van der Waals surface area contributed by atoms with Gasteiger partial charge >= 0.3 is 0 Å². The molecule has 0 unspecified atom stereocenters. The number of rotatable bonds is 2. The van der Waals surface area contributed by atoms with Crippen LogP contribution in [0.4, 0.5) is 0 Å². The van der Waals surface area contributed by atoms with Gasteiger partial charge in [-0.3, -0.25) is 4.79 Å². The lowest BCUT2D eigenvalue weighted by molar-refractivity contribution is -0.126. The maximum Gasteiger partial charge on any atom is 0.246 e. The summed E-state index contributed by atoms with van der Waals surface area (Å²) in [5.41, 5.74) is 2.31. The molecule has 0 atom stereocenters. The molecule has 0 N–H and O–H groups in total. The number of likely N-dealkylation sites (tertiary alicyclic amines) is 1. The summed E-state index contributed by atoms with van der Waals surface area (Å²) in [5, 5.41) is 0. The lowest BCUT2D eigenvalue weighted by Gasteiger charge is -2.25. The van der Waals surface area contributed by atoms with Crippen LogP contribution in [0.5, 0.6) is 0 Å². The van der Waals surface area contributed by atoms with E-state index in [0.717, 1.165) is 31.5 Å². The summed E-state index contributed by atoms with van der Waals surface area (Å²) in [6.45, 7) is 3.89. The van der Waals surface area contributed by atoms with Crippen molar-refractivity contribution in [2.45, 2.75) is 26.2 Å². The standard InChI is InChI=1S/C15H19NO/c1-13-6-5-7-14(12-13)8-9-15(17)16-10-3-2-4-11-16/h5-9,12H,2-4,10-11H2,1H3/b9-8-. The van der Waals surface area contributed by atoms with Gasteiger partial charge in [0.15, 0.2) is 0 Å². The Hall–Kier alpha value is -1.57. The second kappa shape index (κ2) is 5.67. The second-order valence-corrected chi connectivity index (χ2v) is 4.63. The number of aryl methyl sites for hydroxylation is 1. The minimum absolute atomic E-state index is 0.145. The van der Waals surface area contributed by atoms with Gasteiger partial charge in [0.2, 0.25) is 5.91 Å². The zero-order valence-corrected chi connectivity index (χ0v) is 10.4. The van der Waals surface area contributed by atoms with Crippen molar-refractivity contribution in [3.05, 3.63) is 41.5 Å². The quantitative estimate of drug-likeness (QED) is 0.714. The first kappa shape index (κ1) is 11.9. The third kappa shape index (κ3) is 3.45. The van der Waals surface area contributed by atoms with Gasteiger partial charge in [0.1, 0.15) is 0 Å². The monoisotopic (exact) mass is 229 g/mol. The Morgan fingerprint density at radius 2 is 2.00 bits per heavy atom. The van der Waals surface area contributed by atoms with E-state index in [1.807, 2.05) is 23.1 Å². The van der Waals surface area contributed by atoms with Crippen LogP contribution < -0.4 is 0 Å². The fraction of sp³-hybridized carbons (Fsp3) is 0.400. The van der Waals surface area contributed by atoms with Crippen LogP contribution in [0.15, 0.2) is 30.3 Å². The van der Waals surface area contributed by atoms with Crippen LogP contribution in [0, 0.1) is 6.92 Å². The van der Waals surface area contributed by atoms with Crippen LogP contribution in [-0.4, -0.2) is 23.9 Å². The highest BCUT2D eigenvalue weighted by Crippen LogP contribution is 2.10. The number of carbonyl (C=O) groups is 1. The molecule has 1 amide bonds. The number of carbonyl (C=O) groups excluding carboxylic acids is 1. The van der Waals surface area contributed by atoms with Crippen molar-refractivity contribution in [3.8, 4) is 0 Å². The van der Waals surface area contributed by atoms with Gasteiger partial charge in [-0.05, 0) is 37.8 Å². The number of hydrogen-bond acceptors (Lipinski definition) is 1. The summed E-state index contributed by atoms with van der Waals surface area (Å²) in [6, 6.07) is 8.18. The van der Waals surface area contributed by atoms with E-state index in [9.17, 15) is 4.79 Å². The van der Waals surface area contributed by atoms with E-state index in [-0.39, 0.29) is 5.91 Å². The van der Waals surface area contributed by atoms with Crippen molar-refractivity contribution in [2.75, 3.05) is 13.1 Å². The molecule has 90 valence electrons. The Morgan fingerprint density at radius 3 is 2.71 bits per heavy atom. The molecule has 1 saturated heterocycles. The summed E-state index contributed by atoms with van der Waals surface area (Å²) >= 11 is 0. The van der Waals surface area contributed by atoms with Crippen LogP contribution in [-0.2, 0) is 4.79 Å². The van der Waals surface area contributed by atoms with E-state index in [2.05, 4.69) is 19.1 Å². The van der Waals surface area contributed by atoms with Crippen molar-refractivity contribution in [2.24, 2.45) is 0 Å². The first-order chi connectivity index (χ1) is 8.25. The molecule has 0 aromatic heterocycles. The number of hydrogen-bond donors (Lipinski definition) is 0. The van der Waals surface area contributed by atoms with Crippen LogP contribution in [0.2, 0.25) is 0 Å². The first-order valence-electron chi connectivity index (χ1n) is 6.29. The highest BCUT2D eigenvalue weighted by molar-refractivity contribution is 5.91. The molecule has 0 spiro atoms. The Labute approximate surface area is 103 Å². The van der Waals surface area contributed by atoms with E-state index < -0.39 is 0 Å². The summed E-state index contributed by atoms with van der Waals surface area (Å²) in [5.74, 6) is 0.145. The highest BCUT2D eigenvalue weighted by atomic mass is 16.2. The second-order valence-electron chi connectivity index (χ2n) is 4.63. The first-order valence-corrected chi connectivity index (χ1v) is 6.29. The van der Waals surface area contributed by atoms with E-state index >= 15 is 0 Å². The summed E-state index contributed by atoms with van der Waals surface area (Å²) in [7, 11) is 0. The van der Waals surface area contributed by atoms with Crippen molar-refractivity contribution in [1.29, 1.82) is 0 Å². The molecule has 0 bridgehead atoms. The van der Waals surface area contributed by atoms with Crippen LogP contribution in [0.3, 0.4) is 0 Å². The van der Waals surface area contributed by atoms with Gasteiger partial charge in [-0.15, -0.1) is 0 Å². The maximum atomic E-state index is 11.9. The van der Waals surface area contributed by atoms with Gasteiger partial charge in [0.05, 0.1) is 0 Å². The molecule has 1 aromatic carbocycles. The molecule has 0 radical (unpaired) electrons. The molecule has 1 aliphatic heterocycles. The fourth-order valence-corrected chi connectivity index (χ4v) is 2.16. The lowest BCUT2D eigenvalue weighted by atomic mass is 10.1. The largest absolute Gasteiger partial charge is 0.339 e. The van der Waals surface area contributed by atoms with Gasteiger partial charge in [0.25, 0.3) is 0 Å². The molecule has 17 heavy (non-hydrogen) atoms. The Bertz CT molecular complexity index is 417. The molecule has 1 aromatic rings. The molecule has 1 heterocycles. The van der Waals surface area contributed by atoms with E-state index in [4.69, 9.17) is 0 Å². The van der Waals surface area contributed by atoms with Crippen molar-refractivity contribution in [3.63, 3.8) is 0 Å². The average Bonchev–Trinajstić information content (AvgIpc) is 2.37. The SMILES string of the molecule is Cc1cccc(/C=C\C(=O)N2CCCCC2)c1. The van der Waals surface area contributed by atoms with Gasteiger partial charge in [0, 0.05) is 19.2 Å². The third-order valence-electron chi connectivity index (χ3n) is 3.13. The smallest absolute Gasteiger partial charge is 0.246 e. The number of nitrogens with zero attached hydrogens (tertiary/aromatic N) is 1. The van der Waals surface area contributed by atoms with E-state index in [1.54, 1.807) is 6.08 Å². The molecule has 1 aliphatic rings. The van der Waals surface area contributed by atoms with Crippen molar-refractivity contribution >= 4 is 12.0 Å². The molecule has 0 aliphatic carbocycles. The topological polar surface area (TPSA) is 20.3 Å². The van der Waals surface area contributed by atoms with Crippen LogP contribution in [0.1, 0.15) is 30.4 Å². The fourth-order valence-electron chi connectivity index (χ4n) is 2.16. The van der Waals surface area contributed by atoms with Crippen LogP contribution in [0.25, 0.3) is 6.08 Å². The number of amides is 1. The Balaban J connectivity index is 1.97. The van der Waals surface area contributed by atoms with Crippen molar-refractivity contribution < 1.29 is 4.79 Å². The van der Waals surface area contributed by atoms with E-state index in [0.29, 0.717) is 0 Å². The van der Waals surface area contributed by atoms with Crippen LogP contribution >= 0.6 is 0 Å². The normalized spacial score (nSPS) is 16.4. The minimum atomic E-state index is 0.145. The molecule has 2 rings (SSSR count). The summed E-state index contributed by atoms with van der Waals surface area (Å²) in [6.07, 6.45) is 7.14. The summed E-state index contributed by atoms with van der Waals surface area (Å²) < 4.78 is 0. The third-order valence-corrected chi connectivity index (χ3v) is 3.13.